The number of thiazole rings is 1. The Bertz CT molecular complexity index is 731. The number of aromatic nitrogens is 1. The Morgan fingerprint density at radius 3 is 2.71 bits per heavy atom. The average Bonchev–Trinajstić information content (AvgIpc) is 3.20. The summed E-state index contributed by atoms with van der Waals surface area (Å²) in [6.07, 6.45) is 3.37. The van der Waals surface area contributed by atoms with Gasteiger partial charge >= 0.3 is 0 Å². The molecule has 3 rings (SSSR count). The van der Waals surface area contributed by atoms with Gasteiger partial charge in [0.15, 0.2) is 5.13 Å². The van der Waals surface area contributed by atoms with E-state index in [9.17, 15) is 13.2 Å². The van der Waals surface area contributed by atoms with Crippen LogP contribution in [0.5, 0.6) is 0 Å². The highest BCUT2D eigenvalue weighted by Crippen LogP contribution is 2.26. The summed E-state index contributed by atoms with van der Waals surface area (Å²) in [4.78, 5) is 16.6. The van der Waals surface area contributed by atoms with E-state index in [1.165, 1.54) is 27.1 Å². The molecule has 0 aliphatic carbocycles. The number of thiophene rings is 1. The molecule has 1 aliphatic heterocycles. The second-order valence-corrected chi connectivity index (χ2v) is 8.29. The van der Waals surface area contributed by atoms with Crippen molar-refractivity contribution in [3.63, 3.8) is 0 Å². The monoisotopic (exact) mass is 343 g/mol. The third-order valence-electron chi connectivity index (χ3n) is 3.15. The fraction of sp³-hybridized carbons (Fsp3) is 0.333. The molecule has 9 heteroatoms. The van der Waals surface area contributed by atoms with E-state index in [2.05, 4.69) is 10.3 Å². The van der Waals surface area contributed by atoms with Gasteiger partial charge in [-0.3, -0.25) is 10.1 Å². The summed E-state index contributed by atoms with van der Waals surface area (Å²) in [6.45, 7) is 1.11. The lowest BCUT2D eigenvalue weighted by Gasteiger charge is -2.13. The molecule has 6 nitrogen and oxygen atoms in total. The molecule has 2 aromatic heterocycles. The number of amides is 1. The summed E-state index contributed by atoms with van der Waals surface area (Å²) in [6, 6.07) is 1.43. The van der Waals surface area contributed by atoms with Crippen molar-refractivity contribution >= 4 is 43.7 Å². The van der Waals surface area contributed by atoms with E-state index < -0.39 is 10.0 Å². The van der Waals surface area contributed by atoms with Crippen LogP contribution in [-0.4, -0.2) is 36.7 Å². The first-order chi connectivity index (χ1) is 10.1. The lowest BCUT2D eigenvalue weighted by molar-refractivity contribution is 0.103. The van der Waals surface area contributed by atoms with Gasteiger partial charge in [-0.25, -0.2) is 13.4 Å². The summed E-state index contributed by atoms with van der Waals surface area (Å²) in [7, 11) is -3.46. The van der Waals surface area contributed by atoms with Crippen LogP contribution < -0.4 is 5.32 Å². The second kappa shape index (κ2) is 5.84. The van der Waals surface area contributed by atoms with E-state index in [1.54, 1.807) is 11.6 Å². The summed E-state index contributed by atoms with van der Waals surface area (Å²) in [5, 5.41) is 6.42. The quantitative estimate of drug-likeness (QED) is 0.923. The molecule has 0 radical (unpaired) electrons. The van der Waals surface area contributed by atoms with Crippen LogP contribution in [0.3, 0.4) is 0 Å². The number of carbonyl (C=O) groups excluding carboxylic acids is 1. The molecule has 112 valence electrons. The highest BCUT2D eigenvalue weighted by atomic mass is 32.2. The van der Waals surface area contributed by atoms with Gasteiger partial charge in [-0.1, -0.05) is 0 Å². The van der Waals surface area contributed by atoms with Gasteiger partial charge in [-0.05, 0) is 18.9 Å². The fourth-order valence-electron chi connectivity index (χ4n) is 2.09. The number of hydrogen-bond donors (Lipinski definition) is 1. The molecule has 0 aromatic carbocycles. The van der Waals surface area contributed by atoms with Crippen molar-refractivity contribution in [1.29, 1.82) is 0 Å². The Morgan fingerprint density at radius 1 is 1.29 bits per heavy atom. The van der Waals surface area contributed by atoms with Crippen molar-refractivity contribution in [2.75, 3.05) is 18.4 Å². The van der Waals surface area contributed by atoms with E-state index in [0.717, 1.165) is 24.2 Å². The summed E-state index contributed by atoms with van der Waals surface area (Å²) in [5.74, 6) is -0.335. The van der Waals surface area contributed by atoms with Crippen molar-refractivity contribution < 1.29 is 13.2 Å². The molecule has 0 spiro atoms. The number of sulfonamides is 1. The van der Waals surface area contributed by atoms with Gasteiger partial charge in [0.1, 0.15) is 0 Å². The zero-order chi connectivity index (χ0) is 14.9. The Labute approximate surface area is 130 Å². The molecule has 0 atom stereocenters. The van der Waals surface area contributed by atoms with E-state index in [4.69, 9.17) is 0 Å². The number of rotatable bonds is 4. The normalized spacial score (nSPS) is 16.2. The van der Waals surface area contributed by atoms with Gasteiger partial charge in [0, 0.05) is 30.0 Å². The topological polar surface area (TPSA) is 79.4 Å². The van der Waals surface area contributed by atoms with Crippen LogP contribution in [0.2, 0.25) is 0 Å². The Kier molecular flexibility index (Phi) is 4.07. The van der Waals surface area contributed by atoms with Crippen molar-refractivity contribution in [2.24, 2.45) is 0 Å². The van der Waals surface area contributed by atoms with Crippen molar-refractivity contribution in [3.8, 4) is 0 Å². The first-order valence-electron chi connectivity index (χ1n) is 6.37. The molecular weight excluding hydrogens is 330 g/mol. The lowest BCUT2D eigenvalue weighted by atomic mass is 10.4. The van der Waals surface area contributed by atoms with Crippen LogP contribution in [-0.2, 0) is 10.0 Å². The minimum atomic E-state index is -3.46. The predicted octanol–water partition coefficient (Wildman–Crippen LogP) is 2.24. The smallest absolute Gasteiger partial charge is 0.267 e. The molecule has 21 heavy (non-hydrogen) atoms. The lowest BCUT2D eigenvalue weighted by Crippen LogP contribution is -2.27. The number of nitrogens with zero attached hydrogens (tertiary/aromatic N) is 2. The molecule has 1 amide bonds. The highest BCUT2D eigenvalue weighted by molar-refractivity contribution is 7.89. The zero-order valence-corrected chi connectivity index (χ0v) is 13.4. The summed E-state index contributed by atoms with van der Waals surface area (Å²) in [5.41, 5.74) is 0. The number of anilines is 1. The van der Waals surface area contributed by atoms with Crippen LogP contribution >= 0.6 is 22.7 Å². The Morgan fingerprint density at radius 2 is 2.05 bits per heavy atom. The second-order valence-electron chi connectivity index (χ2n) is 4.55. The SMILES string of the molecule is O=C(Nc1nccs1)c1cc(S(=O)(=O)N2CCCC2)cs1. The third kappa shape index (κ3) is 3.00. The molecule has 1 saturated heterocycles. The maximum atomic E-state index is 12.4. The first kappa shape index (κ1) is 14.6. The van der Waals surface area contributed by atoms with E-state index in [1.807, 2.05) is 0 Å². The molecule has 0 bridgehead atoms. The van der Waals surface area contributed by atoms with Crippen molar-refractivity contribution in [1.82, 2.24) is 9.29 Å². The number of nitrogens with one attached hydrogen (secondary N) is 1. The average molecular weight is 343 g/mol. The third-order valence-corrected chi connectivity index (χ3v) is 6.80. The molecular formula is C12H13N3O3S3. The molecule has 0 saturated carbocycles. The van der Waals surface area contributed by atoms with Crippen LogP contribution in [0.4, 0.5) is 5.13 Å². The number of carbonyl (C=O) groups is 1. The van der Waals surface area contributed by atoms with Gasteiger partial charge in [0.05, 0.1) is 9.77 Å². The highest BCUT2D eigenvalue weighted by Gasteiger charge is 2.28. The summed E-state index contributed by atoms with van der Waals surface area (Å²) < 4.78 is 26.2. The van der Waals surface area contributed by atoms with Crippen LogP contribution in [0.1, 0.15) is 22.5 Å². The predicted molar refractivity (Wildman–Crippen MR) is 82.4 cm³/mol. The van der Waals surface area contributed by atoms with Gasteiger partial charge in [-0.15, -0.1) is 22.7 Å². The van der Waals surface area contributed by atoms with E-state index >= 15 is 0 Å². The van der Waals surface area contributed by atoms with Crippen molar-refractivity contribution in [3.05, 3.63) is 27.9 Å². The molecule has 1 N–H and O–H groups in total. The van der Waals surface area contributed by atoms with Crippen LogP contribution in [0.15, 0.2) is 27.9 Å². The molecule has 3 heterocycles. The Hall–Kier alpha value is -1.29. The fourth-order valence-corrected chi connectivity index (χ4v) is 5.29. The molecule has 2 aromatic rings. The standard InChI is InChI=1S/C12H13N3O3S3/c16-11(14-12-13-3-6-19-12)10-7-9(8-20-10)21(17,18)15-4-1-2-5-15/h3,6-8H,1-2,4-5H2,(H,13,14,16). The van der Waals surface area contributed by atoms with Crippen LogP contribution in [0, 0.1) is 0 Å². The van der Waals surface area contributed by atoms with Gasteiger partial charge in [0.25, 0.3) is 5.91 Å². The minimum absolute atomic E-state index is 0.193. The minimum Gasteiger partial charge on any atom is -0.297 e. The van der Waals surface area contributed by atoms with E-state index in [-0.39, 0.29) is 10.8 Å². The van der Waals surface area contributed by atoms with Crippen LogP contribution in [0.25, 0.3) is 0 Å². The molecule has 0 unspecified atom stereocenters. The van der Waals surface area contributed by atoms with Crippen molar-refractivity contribution in [2.45, 2.75) is 17.7 Å². The molecule has 1 fully saturated rings. The maximum absolute atomic E-state index is 12.4. The first-order valence-corrected chi connectivity index (χ1v) is 9.57. The molecule has 1 aliphatic rings. The zero-order valence-electron chi connectivity index (χ0n) is 11.0. The van der Waals surface area contributed by atoms with Gasteiger partial charge in [0.2, 0.25) is 10.0 Å². The van der Waals surface area contributed by atoms with Gasteiger partial charge < -0.3 is 0 Å². The largest absolute Gasteiger partial charge is 0.297 e. The summed E-state index contributed by atoms with van der Waals surface area (Å²) >= 11 is 2.44. The van der Waals surface area contributed by atoms with E-state index in [0.29, 0.717) is 23.1 Å². The van der Waals surface area contributed by atoms with Gasteiger partial charge in [-0.2, -0.15) is 4.31 Å². The maximum Gasteiger partial charge on any atom is 0.267 e. The Balaban J connectivity index is 1.78. The number of hydrogen-bond acceptors (Lipinski definition) is 6.